The van der Waals surface area contributed by atoms with E-state index < -0.39 is 100 Å². The maximum Gasteiger partial charge on any atom is 0.351 e. The fraction of sp³-hybridized carbons (Fsp3) is 0.564. The van der Waals surface area contributed by atoms with Gasteiger partial charge >= 0.3 is 23.6 Å². The number of rotatable bonds is 10. The van der Waals surface area contributed by atoms with Crippen LogP contribution in [0.15, 0.2) is 65.6 Å². The molecular weight excluding hydrogens is 999 g/mol. The van der Waals surface area contributed by atoms with Crippen LogP contribution in [0.4, 0.5) is 11.5 Å². The van der Waals surface area contributed by atoms with E-state index in [1.807, 2.05) is 50.3 Å². The summed E-state index contributed by atoms with van der Waals surface area (Å²) in [7, 11) is 4.09. The van der Waals surface area contributed by atoms with Crippen LogP contribution in [-0.2, 0) is 55.4 Å². The third-order valence-electron chi connectivity index (χ3n) is 18.1. The highest BCUT2D eigenvalue weighted by atomic mass is 16.6. The highest BCUT2D eigenvalue weighted by Gasteiger charge is 2.81. The lowest BCUT2D eigenvalue weighted by molar-refractivity contribution is -0.228. The number of para-hydroxylation sites is 1. The number of nitrogen functional groups attached to an aromatic ring is 1. The molecule has 1 saturated carbocycles. The molecule has 7 aliphatic rings. The Morgan fingerprint density at radius 2 is 1.73 bits per heavy atom. The fourth-order valence-electron chi connectivity index (χ4n) is 15.1. The molecule has 77 heavy (non-hydrogen) atoms. The van der Waals surface area contributed by atoms with Gasteiger partial charge in [0.1, 0.15) is 35.3 Å². The SMILES string of the molecule is CC[C@]1(O)C[C@H]2CN(CCc3c([nH]c4ccccc34)[C@@](C(=O)OC)(c3cc4c(cc3OC)N(C=O)[C@H]3[C@@](O)(C(=O)OC)[C@H](OC(C)=O)[C@]5(CC)C=CCN6CC[C@]43[C@@H]65)C2)C1.Nc1ccn([C@@H]2O[C@H](CO)[C@@H](O)[C@@H]2O)c(=O)n1. The number of hydrogen-bond acceptors (Lipinski definition) is 19. The van der Waals surface area contributed by atoms with Crippen molar-refractivity contribution in [1.82, 2.24) is 24.3 Å². The number of nitrogens with zero attached hydrogens (tertiary/aromatic N) is 5. The maximum absolute atomic E-state index is 15.3. The number of anilines is 2. The van der Waals surface area contributed by atoms with Crippen molar-refractivity contribution in [2.75, 3.05) is 71.3 Å². The first-order valence-electron chi connectivity index (χ1n) is 26.3. The zero-order valence-corrected chi connectivity index (χ0v) is 44.1. The number of benzene rings is 2. The Morgan fingerprint density at radius 1 is 0.974 bits per heavy atom. The summed E-state index contributed by atoms with van der Waals surface area (Å²) in [5, 5.41) is 54.4. The summed E-state index contributed by atoms with van der Waals surface area (Å²) in [4.78, 5) is 81.1. The van der Waals surface area contributed by atoms with Gasteiger partial charge in [-0.3, -0.25) is 28.8 Å². The molecule has 1 spiro atoms. The Balaban J connectivity index is 0.000000336. The van der Waals surface area contributed by atoms with Gasteiger partial charge in [-0.15, -0.1) is 0 Å². The number of fused-ring (bicyclic) bond motifs is 6. The molecule has 2 aromatic heterocycles. The topological polar surface area (TPSA) is 302 Å². The molecule has 22 nitrogen and oxygen atoms in total. The predicted octanol–water partition coefficient (Wildman–Crippen LogP) is 0.955. The number of piperidine rings is 1. The number of carbonyl (C=O) groups excluding carboxylic acids is 4. The number of aromatic nitrogens is 3. The van der Waals surface area contributed by atoms with Gasteiger partial charge in [0.2, 0.25) is 12.0 Å². The summed E-state index contributed by atoms with van der Waals surface area (Å²) in [5.41, 5.74) is 1.48. The van der Waals surface area contributed by atoms with Crippen LogP contribution < -0.4 is 21.1 Å². The second kappa shape index (κ2) is 19.9. The molecule has 2 aromatic carbocycles. The molecule has 414 valence electrons. The van der Waals surface area contributed by atoms with Gasteiger partial charge in [-0.05, 0) is 80.3 Å². The molecule has 2 bridgehead atoms. The van der Waals surface area contributed by atoms with Crippen LogP contribution in [0.5, 0.6) is 5.75 Å². The van der Waals surface area contributed by atoms with E-state index in [1.54, 1.807) is 6.07 Å². The second-order valence-corrected chi connectivity index (χ2v) is 21.9. The molecule has 0 radical (unpaired) electrons. The molecule has 8 N–H and O–H groups in total. The monoisotopic (exact) mass is 1070 g/mol. The summed E-state index contributed by atoms with van der Waals surface area (Å²) in [5.74, 6) is -2.01. The highest BCUT2D eigenvalue weighted by molar-refractivity contribution is 5.96. The normalized spacial score (nSPS) is 35.7. The number of aromatic amines is 1. The van der Waals surface area contributed by atoms with Gasteiger partial charge in [-0.1, -0.05) is 44.2 Å². The van der Waals surface area contributed by atoms with Crippen molar-refractivity contribution in [2.45, 2.75) is 124 Å². The Labute approximate surface area is 444 Å². The number of aliphatic hydroxyl groups is 5. The summed E-state index contributed by atoms with van der Waals surface area (Å²) in [6.07, 6.45) is 2.57. The zero-order valence-electron chi connectivity index (χ0n) is 44.1. The molecule has 4 fully saturated rings. The Bertz CT molecular complexity index is 3080. The van der Waals surface area contributed by atoms with Crippen LogP contribution in [0, 0.1) is 11.3 Å². The van der Waals surface area contributed by atoms with Gasteiger partial charge in [0.25, 0.3) is 0 Å². The first-order valence-corrected chi connectivity index (χ1v) is 26.3. The van der Waals surface area contributed by atoms with E-state index in [0.717, 1.165) is 21.0 Å². The van der Waals surface area contributed by atoms with Crippen LogP contribution in [0.25, 0.3) is 10.9 Å². The molecule has 1 unspecified atom stereocenters. The standard InChI is InChI=1S/C46H56N4O10.C9H13N3O5/c1-7-42(55)22-28-23-45(40(53)58-5,36-30(14-18-48(24-28)25-42)29-12-9-10-13-33(29)47-36)32-20-31-34(21-35(32)57-4)50(26-51)38-44(31)16-19-49-17-11-15-43(8-2,37(44)49)39(60-27(3)52)46(38,56)41(54)59-6;10-5-1-2-12(9(16)11-5)8-7(15)6(14)4(3-13)17-8/h9-13,15,20-21,26,28,37-39,47,55-56H,7-8,14,16-19,22-25H2,1-6H3;1-2,4,6-8,13-15H,3H2,(H2,10,11,16)/t28-,37+,38-,39-,42+,43-,44-,45+,46+;4-,6-,7+,8-/m11/s1. The smallest absolute Gasteiger partial charge is 0.351 e. The predicted molar refractivity (Wildman–Crippen MR) is 276 cm³/mol. The summed E-state index contributed by atoms with van der Waals surface area (Å²) >= 11 is 0. The number of esters is 3. The average Bonchev–Trinajstić information content (AvgIpc) is 4.37. The second-order valence-electron chi connectivity index (χ2n) is 21.9. The number of methoxy groups -OCH3 is 3. The maximum atomic E-state index is 15.3. The van der Waals surface area contributed by atoms with Crippen molar-refractivity contribution in [3.05, 3.63) is 93.7 Å². The minimum absolute atomic E-state index is 0.0537. The minimum atomic E-state index is -2.53. The van der Waals surface area contributed by atoms with E-state index in [4.69, 9.17) is 34.5 Å². The third-order valence-corrected chi connectivity index (χ3v) is 18.1. The first-order chi connectivity index (χ1) is 36.8. The van der Waals surface area contributed by atoms with Crippen molar-refractivity contribution in [1.29, 1.82) is 0 Å². The lowest BCUT2D eigenvalue weighted by Gasteiger charge is -2.63. The van der Waals surface area contributed by atoms with Gasteiger partial charge in [0.05, 0.1) is 45.3 Å². The quantitative estimate of drug-likeness (QED) is 0.0504. The summed E-state index contributed by atoms with van der Waals surface area (Å²) in [6.45, 7) is 7.71. The number of hydrogen-bond donors (Lipinski definition) is 7. The van der Waals surface area contributed by atoms with Gasteiger partial charge in [-0.2, -0.15) is 4.98 Å². The van der Waals surface area contributed by atoms with E-state index in [-0.39, 0.29) is 18.2 Å². The third kappa shape index (κ3) is 7.95. The summed E-state index contributed by atoms with van der Waals surface area (Å²) < 4.78 is 29.9. The number of H-pyrrole nitrogens is 1. The number of aliphatic hydroxyl groups excluding tert-OH is 3. The molecule has 6 aliphatic heterocycles. The van der Waals surface area contributed by atoms with Gasteiger partial charge in [0.15, 0.2) is 12.3 Å². The van der Waals surface area contributed by atoms with Crippen LogP contribution in [0.1, 0.15) is 81.5 Å². The Kier molecular flexibility index (Phi) is 14.0. The molecular formula is C55H69N7O15. The molecule has 3 saturated heterocycles. The molecule has 14 atom stereocenters. The summed E-state index contributed by atoms with van der Waals surface area (Å²) in [6, 6.07) is 11.3. The average molecular weight is 1070 g/mol. The molecule has 1 aliphatic carbocycles. The van der Waals surface area contributed by atoms with Gasteiger partial charge < -0.3 is 64.8 Å². The number of ether oxygens (including phenoxy) is 5. The number of carbonyl (C=O) groups is 4. The van der Waals surface area contributed by atoms with Crippen molar-refractivity contribution in [3.8, 4) is 5.75 Å². The van der Waals surface area contributed by atoms with E-state index in [9.17, 15) is 39.6 Å². The van der Waals surface area contributed by atoms with Crippen molar-refractivity contribution >= 4 is 46.7 Å². The van der Waals surface area contributed by atoms with Crippen molar-refractivity contribution in [3.63, 3.8) is 0 Å². The number of amides is 1. The lowest BCUT2D eigenvalue weighted by atomic mass is 9.47. The van der Waals surface area contributed by atoms with Crippen LogP contribution >= 0.6 is 0 Å². The molecule has 22 heteroatoms. The fourth-order valence-corrected chi connectivity index (χ4v) is 15.1. The molecule has 4 aromatic rings. The number of nitrogens with two attached hydrogens (primary N) is 1. The molecule has 11 rings (SSSR count). The van der Waals surface area contributed by atoms with E-state index in [2.05, 4.69) is 25.8 Å². The van der Waals surface area contributed by atoms with Crippen LogP contribution in [0.2, 0.25) is 0 Å². The van der Waals surface area contributed by atoms with E-state index in [0.29, 0.717) is 99.5 Å². The van der Waals surface area contributed by atoms with Gasteiger partial charge in [0, 0.05) is 84.4 Å². The first kappa shape index (κ1) is 54.1. The van der Waals surface area contributed by atoms with Crippen LogP contribution in [0.3, 0.4) is 0 Å². The molecule has 8 heterocycles. The number of nitrogens with one attached hydrogen (secondary N) is 1. The Morgan fingerprint density at radius 3 is 2.38 bits per heavy atom. The van der Waals surface area contributed by atoms with E-state index in [1.165, 1.54) is 45.4 Å². The van der Waals surface area contributed by atoms with Crippen molar-refractivity contribution < 1.29 is 68.4 Å². The van der Waals surface area contributed by atoms with Gasteiger partial charge in [-0.25, -0.2) is 9.59 Å². The highest BCUT2D eigenvalue weighted by Crippen LogP contribution is 2.68. The van der Waals surface area contributed by atoms with Crippen LogP contribution in [-0.4, -0.2) is 183 Å². The Hall–Kier alpha value is -6.24. The van der Waals surface area contributed by atoms with Crippen molar-refractivity contribution in [2.24, 2.45) is 11.3 Å². The molecule has 1 amide bonds. The lowest BCUT2D eigenvalue weighted by Crippen LogP contribution is -2.81. The zero-order chi connectivity index (χ0) is 55.1. The minimum Gasteiger partial charge on any atom is -0.496 e. The largest absolute Gasteiger partial charge is 0.496 e. The van der Waals surface area contributed by atoms with E-state index >= 15 is 4.79 Å².